The van der Waals surface area contributed by atoms with Gasteiger partial charge in [-0.25, -0.2) is 4.79 Å². The van der Waals surface area contributed by atoms with E-state index in [-0.39, 0.29) is 5.91 Å². The summed E-state index contributed by atoms with van der Waals surface area (Å²) < 4.78 is 0. The maximum Gasteiger partial charge on any atom is 0.328 e. The van der Waals surface area contributed by atoms with Crippen LogP contribution in [0.2, 0.25) is 0 Å². The first-order valence-electron chi connectivity index (χ1n) is 5.80. The molecule has 0 aliphatic rings. The number of pyridine rings is 1. The number of aromatic nitrogens is 1. The molecule has 2 aromatic heterocycles. The predicted molar refractivity (Wildman–Crippen MR) is 76.4 cm³/mol. The largest absolute Gasteiger partial charge is 0.478 e. The van der Waals surface area contributed by atoms with Crippen molar-refractivity contribution < 1.29 is 14.7 Å². The zero-order chi connectivity index (χ0) is 14.4. The predicted octanol–water partition coefficient (Wildman–Crippen LogP) is 2.17. The number of rotatable bonds is 5. The molecule has 0 aromatic carbocycles. The molecule has 0 atom stereocenters. The van der Waals surface area contributed by atoms with Crippen molar-refractivity contribution in [2.75, 3.05) is 0 Å². The molecule has 0 aliphatic carbocycles. The lowest BCUT2D eigenvalue weighted by molar-refractivity contribution is -0.131. The van der Waals surface area contributed by atoms with E-state index < -0.39 is 5.97 Å². The molecule has 0 saturated heterocycles. The number of nitrogens with zero attached hydrogens (tertiary/aromatic N) is 1. The minimum absolute atomic E-state index is 0.241. The highest BCUT2D eigenvalue weighted by molar-refractivity contribution is 7.07. The van der Waals surface area contributed by atoms with Gasteiger partial charge in [0, 0.05) is 25.0 Å². The molecule has 0 spiro atoms. The topological polar surface area (TPSA) is 79.3 Å². The standard InChI is InChI=1S/C14H12N2O3S/c17-13(18)2-1-10-5-12(8-15-6-10)14(19)16-7-11-3-4-20-9-11/h1-6,8-9H,7H2,(H,16,19)(H,17,18). The molecular formula is C14H12N2O3S. The summed E-state index contributed by atoms with van der Waals surface area (Å²) in [4.78, 5) is 26.3. The number of hydrogen-bond donors (Lipinski definition) is 2. The second-order valence-corrected chi connectivity index (χ2v) is 4.77. The Labute approximate surface area is 119 Å². The normalized spacial score (nSPS) is 10.6. The van der Waals surface area contributed by atoms with Crippen LogP contribution in [0.3, 0.4) is 0 Å². The fraction of sp³-hybridized carbons (Fsp3) is 0.0714. The van der Waals surface area contributed by atoms with Crippen molar-refractivity contribution in [3.63, 3.8) is 0 Å². The highest BCUT2D eigenvalue weighted by atomic mass is 32.1. The van der Waals surface area contributed by atoms with Crippen molar-refractivity contribution in [2.24, 2.45) is 0 Å². The molecular weight excluding hydrogens is 276 g/mol. The molecule has 1 amide bonds. The average Bonchev–Trinajstić information content (AvgIpc) is 2.96. The lowest BCUT2D eigenvalue weighted by Gasteiger charge is -2.04. The van der Waals surface area contributed by atoms with Crippen LogP contribution in [0.1, 0.15) is 21.5 Å². The summed E-state index contributed by atoms with van der Waals surface area (Å²) in [5.41, 5.74) is 2.00. The number of aliphatic carboxylic acids is 1. The number of hydrogen-bond acceptors (Lipinski definition) is 4. The van der Waals surface area contributed by atoms with Crippen LogP contribution in [-0.2, 0) is 11.3 Å². The van der Waals surface area contributed by atoms with E-state index in [1.807, 2.05) is 16.8 Å². The summed E-state index contributed by atoms with van der Waals surface area (Å²) in [5.74, 6) is -1.29. The fourth-order valence-electron chi connectivity index (χ4n) is 1.52. The van der Waals surface area contributed by atoms with Crippen LogP contribution in [-0.4, -0.2) is 22.0 Å². The lowest BCUT2D eigenvalue weighted by Crippen LogP contribution is -2.22. The Hall–Kier alpha value is -2.47. The zero-order valence-corrected chi connectivity index (χ0v) is 11.3. The maximum atomic E-state index is 11.9. The highest BCUT2D eigenvalue weighted by Crippen LogP contribution is 2.07. The Bertz CT molecular complexity index is 636. The van der Waals surface area contributed by atoms with Crippen LogP contribution in [0, 0.1) is 0 Å². The van der Waals surface area contributed by atoms with Crippen LogP contribution in [0.4, 0.5) is 0 Å². The molecule has 0 aliphatic heterocycles. The number of nitrogens with one attached hydrogen (secondary N) is 1. The van der Waals surface area contributed by atoms with Gasteiger partial charge >= 0.3 is 5.97 Å². The second-order valence-electron chi connectivity index (χ2n) is 3.99. The first kappa shape index (κ1) is 14.0. The Morgan fingerprint density at radius 1 is 1.40 bits per heavy atom. The van der Waals surface area contributed by atoms with Crippen LogP contribution in [0.5, 0.6) is 0 Å². The summed E-state index contributed by atoms with van der Waals surface area (Å²) in [6, 6.07) is 3.53. The van der Waals surface area contributed by atoms with E-state index >= 15 is 0 Å². The van der Waals surface area contributed by atoms with Crippen molar-refractivity contribution in [3.05, 3.63) is 58.1 Å². The van der Waals surface area contributed by atoms with E-state index in [9.17, 15) is 9.59 Å². The smallest absolute Gasteiger partial charge is 0.328 e. The van der Waals surface area contributed by atoms with Crippen molar-refractivity contribution in [1.82, 2.24) is 10.3 Å². The average molecular weight is 288 g/mol. The maximum absolute atomic E-state index is 11.9. The van der Waals surface area contributed by atoms with Crippen molar-refractivity contribution in [3.8, 4) is 0 Å². The molecule has 20 heavy (non-hydrogen) atoms. The van der Waals surface area contributed by atoms with Gasteiger partial charge in [-0.15, -0.1) is 0 Å². The number of carbonyl (C=O) groups is 2. The van der Waals surface area contributed by atoms with Crippen LogP contribution in [0.25, 0.3) is 6.08 Å². The fourth-order valence-corrected chi connectivity index (χ4v) is 2.19. The van der Waals surface area contributed by atoms with Crippen molar-refractivity contribution >= 4 is 29.3 Å². The third-order valence-corrected chi connectivity index (χ3v) is 3.21. The third-order valence-electron chi connectivity index (χ3n) is 2.47. The van der Waals surface area contributed by atoms with Gasteiger partial charge in [-0.3, -0.25) is 9.78 Å². The van der Waals surface area contributed by atoms with Gasteiger partial charge in [0.05, 0.1) is 5.56 Å². The lowest BCUT2D eigenvalue weighted by atomic mass is 10.2. The molecule has 2 aromatic rings. The van der Waals surface area contributed by atoms with Crippen LogP contribution < -0.4 is 5.32 Å². The zero-order valence-electron chi connectivity index (χ0n) is 10.4. The third kappa shape index (κ3) is 4.03. The molecule has 2 heterocycles. The number of carbonyl (C=O) groups excluding carboxylic acids is 1. The van der Waals surface area contributed by atoms with Crippen LogP contribution in [0.15, 0.2) is 41.4 Å². The number of thiophene rings is 1. The number of carboxylic acid groups (broad SMARTS) is 1. The highest BCUT2D eigenvalue weighted by Gasteiger charge is 2.06. The van der Waals surface area contributed by atoms with Gasteiger partial charge in [0.2, 0.25) is 0 Å². The summed E-state index contributed by atoms with van der Waals surface area (Å²) in [6.07, 6.45) is 5.34. The van der Waals surface area contributed by atoms with Gasteiger partial charge in [-0.2, -0.15) is 11.3 Å². The van der Waals surface area contributed by atoms with Gasteiger partial charge in [-0.05, 0) is 40.1 Å². The quantitative estimate of drug-likeness (QED) is 0.826. The molecule has 6 heteroatoms. The minimum atomic E-state index is -1.04. The molecule has 5 nitrogen and oxygen atoms in total. The summed E-state index contributed by atoms with van der Waals surface area (Å²) in [7, 11) is 0. The monoisotopic (exact) mass is 288 g/mol. The van der Waals surface area contributed by atoms with Gasteiger partial charge in [0.1, 0.15) is 0 Å². The van der Waals surface area contributed by atoms with Gasteiger partial charge in [0.15, 0.2) is 0 Å². The first-order valence-corrected chi connectivity index (χ1v) is 6.75. The Morgan fingerprint density at radius 2 is 2.25 bits per heavy atom. The number of carboxylic acids is 1. The Balaban J connectivity index is 2.02. The Kier molecular flexibility index (Phi) is 4.62. The summed E-state index contributed by atoms with van der Waals surface area (Å²) in [6.45, 7) is 0.456. The van der Waals surface area contributed by atoms with Crippen LogP contribution >= 0.6 is 11.3 Å². The van der Waals surface area contributed by atoms with Crippen molar-refractivity contribution in [2.45, 2.75) is 6.54 Å². The van der Waals surface area contributed by atoms with Gasteiger partial charge in [0.25, 0.3) is 5.91 Å². The molecule has 0 unspecified atom stereocenters. The summed E-state index contributed by atoms with van der Waals surface area (Å²) in [5, 5.41) is 15.2. The van der Waals surface area contributed by atoms with E-state index in [2.05, 4.69) is 10.3 Å². The summed E-state index contributed by atoms with van der Waals surface area (Å²) >= 11 is 1.57. The molecule has 0 radical (unpaired) electrons. The Morgan fingerprint density at radius 3 is 2.95 bits per heavy atom. The van der Waals surface area contributed by atoms with Gasteiger partial charge in [-0.1, -0.05) is 0 Å². The van der Waals surface area contributed by atoms with Crippen molar-refractivity contribution in [1.29, 1.82) is 0 Å². The van der Waals surface area contributed by atoms with E-state index in [0.29, 0.717) is 17.7 Å². The molecule has 0 saturated carbocycles. The van der Waals surface area contributed by atoms with Gasteiger partial charge < -0.3 is 10.4 Å². The molecule has 2 N–H and O–H groups in total. The SMILES string of the molecule is O=C(O)C=Cc1cncc(C(=O)NCc2ccsc2)c1. The number of amides is 1. The molecule has 0 bridgehead atoms. The molecule has 2 rings (SSSR count). The van der Waals surface area contributed by atoms with E-state index in [1.54, 1.807) is 17.4 Å². The minimum Gasteiger partial charge on any atom is -0.478 e. The van der Waals surface area contributed by atoms with E-state index in [0.717, 1.165) is 11.6 Å². The van der Waals surface area contributed by atoms with E-state index in [4.69, 9.17) is 5.11 Å². The first-order chi connectivity index (χ1) is 9.65. The van der Waals surface area contributed by atoms with E-state index in [1.165, 1.54) is 18.5 Å². The molecule has 0 fully saturated rings. The second kappa shape index (κ2) is 6.63. The molecule has 102 valence electrons.